The highest BCUT2D eigenvalue weighted by Gasteiger charge is 2.18. The first-order valence-electron chi connectivity index (χ1n) is 6.23. The molecule has 0 atom stereocenters. The molecule has 2 aromatic rings. The van der Waals surface area contributed by atoms with E-state index in [9.17, 15) is 8.42 Å². The molecule has 1 heterocycles. The number of rotatable bonds is 5. The fourth-order valence-electron chi connectivity index (χ4n) is 1.63. The molecular formula is C13H14Cl2N4O2S. The van der Waals surface area contributed by atoms with Crippen molar-refractivity contribution in [3.05, 3.63) is 46.2 Å². The number of halogens is 2. The van der Waals surface area contributed by atoms with E-state index in [0.717, 1.165) is 0 Å². The smallest absolute Gasteiger partial charge is 0.242 e. The van der Waals surface area contributed by atoms with Gasteiger partial charge in [0.25, 0.3) is 0 Å². The molecule has 0 radical (unpaired) electrons. The van der Waals surface area contributed by atoms with Crippen molar-refractivity contribution in [1.29, 1.82) is 0 Å². The maximum atomic E-state index is 12.3. The van der Waals surface area contributed by atoms with Gasteiger partial charge in [-0.05, 0) is 24.3 Å². The molecule has 118 valence electrons. The van der Waals surface area contributed by atoms with Crippen molar-refractivity contribution in [2.45, 2.75) is 11.4 Å². The Morgan fingerprint density at radius 2 is 1.95 bits per heavy atom. The van der Waals surface area contributed by atoms with Crippen molar-refractivity contribution in [3.63, 3.8) is 0 Å². The number of sulfonamides is 1. The average molecular weight is 361 g/mol. The van der Waals surface area contributed by atoms with E-state index in [2.05, 4.69) is 14.7 Å². The van der Waals surface area contributed by atoms with Crippen LogP contribution in [0.25, 0.3) is 0 Å². The number of hydrogen-bond donors (Lipinski definition) is 1. The predicted molar refractivity (Wildman–Crippen MR) is 86.8 cm³/mol. The van der Waals surface area contributed by atoms with Crippen molar-refractivity contribution in [3.8, 4) is 0 Å². The molecule has 0 aliphatic carbocycles. The Hall–Kier alpha value is -1.41. The number of hydrogen-bond acceptors (Lipinski definition) is 5. The molecule has 22 heavy (non-hydrogen) atoms. The molecule has 1 aromatic carbocycles. The first kappa shape index (κ1) is 17.0. The zero-order chi connectivity index (χ0) is 16.3. The summed E-state index contributed by atoms with van der Waals surface area (Å²) in [7, 11) is -0.184. The topological polar surface area (TPSA) is 75.2 Å². The lowest BCUT2D eigenvalue weighted by molar-refractivity contribution is 0.580. The fourth-order valence-corrected chi connectivity index (χ4v) is 3.39. The monoisotopic (exact) mass is 360 g/mol. The molecule has 0 bridgehead atoms. The highest BCUT2D eigenvalue weighted by atomic mass is 35.5. The van der Waals surface area contributed by atoms with E-state index >= 15 is 0 Å². The third kappa shape index (κ3) is 4.07. The van der Waals surface area contributed by atoms with Crippen molar-refractivity contribution in [1.82, 2.24) is 14.7 Å². The summed E-state index contributed by atoms with van der Waals surface area (Å²) < 4.78 is 27.0. The maximum Gasteiger partial charge on any atom is 0.242 e. The summed E-state index contributed by atoms with van der Waals surface area (Å²) in [6, 6.07) is 5.90. The number of benzene rings is 1. The van der Waals surface area contributed by atoms with Gasteiger partial charge in [-0.15, -0.1) is 0 Å². The molecule has 0 unspecified atom stereocenters. The molecule has 0 aliphatic heterocycles. The molecule has 0 spiro atoms. The normalized spacial score (nSPS) is 11.5. The molecule has 0 saturated carbocycles. The highest BCUT2D eigenvalue weighted by molar-refractivity contribution is 7.89. The number of nitrogens with one attached hydrogen (secondary N) is 1. The van der Waals surface area contributed by atoms with Gasteiger partial charge in [-0.1, -0.05) is 23.2 Å². The molecule has 0 fully saturated rings. The number of nitrogens with zero attached hydrogens (tertiary/aromatic N) is 3. The molecule has 1 N–H and O–H groups in total. The van der Waals surface area contributed by atoms with Crippen LogP contribution in [0.2, 0.25) is 10.0 Å². The highest BCUT2D eigenvalue weighted by Crippen LogP contribution is 2.24. The van der Waals surface area contributed by atoms with Crippen LogP contribution in [0.1, 0.15) is 5.69 Å². The van der Waals surface area contributed by atoms with Gasteiger partial charge in [-0.3, -0.25) is 0 Å². The van der Waals surface area contributed by atoms with Gasteiger partial charge in [-0.2, -0.15) is 0 Å². The minimum Gasteiger partial charge on any atom is -0.347 e. The average Bonchev–Trinajstić information content (AvgIpc) is 2.48. The second kappa shape index (κ2) is 6.78. The van der Waals surface area contributed by atoms with E-state index in [1.54, 1.807) is 31.3 Å². The van der Waals surface area contributed by atoms with Crippen LogP contribution in [0.15, 0.2) is 35.4 Å². The number of aromatic nitrogens is 2. The standard InChI is InChI=1S/C13H14Cl2N4O2S/c1-19(2)13-16-6-5-10(18-13)8-17-22(20,21)12-7-9(14)3-4-11(12)15/h3-7,17H,8H2,1-2H3. The van der Waals surface area contributed by atoms with Crippen LogP contribution in [-0.2, 0) is 16.6 Å². The maximum absolute atomic E-state index is 12.3. The van der Waals surface area contributed by atoms with Gasteiger partial charge < -0.3 is 4.90 Å². The minimum absolute atomic E-state index is 0.0224. The predicted octanol–water partition coefficient (Wildman–Crippen LogP) is 2.33. The zero-order valence-corrected chi connectivity index (χ0v) is 14.2. The minimum atomic E-state index is -3.79. The molecular weight excluding hydrogens is 347 g/mol. The van der Waals surface area contributed by atoms with E-state index in [-0.39, 0.29) is 16.5 Å². The Bertz CT molecular complexity index is 781. The lowest BCUT2D eigenvalue weighted by Crippen LogP contribution is -2.24. The van der Waals surface area contributed by atoms with Gasteiger partial charge in [0, 0.05) is 25.3 Å². The quantitative estimate of drug-likeness (QED) is 0.885. The van der Waals surface area contributed by atoms with E-state index in [4.69, 9.17) is 23.2 Å². The van der Waals surface area contributed by atoms with Crippen LogP contribution in [0.4, 0.5) is 5.95 Å². The van der Waals surface area contributed by atoms with Gasteiger partial charge in [0.15, 0.2) is 0 Å². The van der Waals surface area contributed by atoms with E-state index in [1.807, 2.05) is 0 Å². The summed E-state index contributed by atoms with van der Waals surface area (Å²) in [5.41, 5.74) is 0.542. The van der Waals surface area contributed by atoms with Crippen molar-refractivity contribution < 1.29 is 8.42 Å². The Morgan fingerprint density at radius 3 is 2.64 bits per heavy atom. The largest absolute Gasteiger partial charge is 0.347 e. The number of anilines is 1. The van der Waals surface area contributed by atoms with Crippen molar-refractivity contribution in [2.75, 3.05) is 19.0 Å². The molecule has 2 rings (SSSR count). The Labute approximate surface area is 139 Å². The second-order valence-electron chi connectivity index (χ2n) is 4.64. The van der Waals surface area contributed by atoms with E-state index in [1.165, 1.54) is 18.2 Å². The van der Waals surface area contributed by atoms with Crippen LogP contribution in [0.3, 0.4) is 0 Å². The van der Waals surface area contributed by atoms with Crippen molar-refractivity contribution in [2.24, 2.45) is 0 Å². The third-order valence-corrected chi connectivity index (χ3v) is 4.84. The second-order valence-corrected chi connectivity index (χ2v) is 7.22. The molecule has 0 amide bonds. The Balaban J connectivity index is 2.20. The molecule has 0 saturated heterocycles. The Morgan fingerprint density at radius 1 is 1.23 bits per heavy atom. The molecule has 6 nitrogen and oxygen atoms in total. The summed E-state index contributed by atoms with van der Waals surface area (Å²) in [4.78, 5) is 9.97. The Kier molecular flexibility index (Phi) is 5.23. The van der Waals surface area contributed by atoms with E-state index < -0.39 is 10.0 Å². The van der Waals surface area contributed by atoms with Crippen LogP contribution >= 0.6 is 23.2 Å². The van der Waals surface area contributed by atoms with Crippen LogP contribution in [-0.4, -0.2) is 32.5 Å². The van der Waals surface area contributed by atoms with Crippen LogP contribution in [0, 0.1) is 0 Å². The fraction of sp³-hybridized carbons (Fsp3) is 0.231. The van der Waals surface area contributed by atoms with Gasteiger partial charge in [0.1, 0.15) is 4.90 Å². The van der Waals surface area contributed by atoms with Gasteiger partial charge in [0.2, 0.25) is 16.0 Å². The first-order valence-corrected chi connectivity index (χ1v) is 8.47. The zero-order valence-electron chi connectivity index (χ0n) is 11.9. The van der Waals surface area contributed by atoms with Gasteiger partial charge >= 0.3 is 0 Å². The molecule has 0 aliphatic rings. The molecule has 9 heteroatoms. The van der Waals surface area contributed by atoms with E-state index in [0.29, 0.717) is 16.7 Å². The summed E-state index contributed by atoms with van der Waals surface area (Å²) >= 11 is 11.7. The summed E-state index contributed by atoms with van der Waals surface area (Å²) in [5, 5.41) is 0.398. The van der Waals surface area contributed by atoms with Gasteiger partial charge in [0.05, 0.1) is 17.3 Å². The molecule has 1 aromatic heterocycles. The summed E-state index contributed by atoms with van der Waals surface area (Å²) in [6.45, 7) is 0.0224. The first-order chi connectivity index (χ1) is 10.3. The van der Waals surface area contributed by atoms with Crippen LogP contribution in [0.5, 0.6) is 0 Å². The van der Waals surface area contributed by atoms with Gasteiger partial charge in [-0.25, -0.2) is 23.1 Å². The third-order valence-electron chi connectivity index (χ3n) is 2.73. The summed E-state index contributed by atoms with van der Waals surface area (Å²) in [6.07, 6.45) is 1.57. The van der Waals surface area contributed by atoms with Crippen LogP contribution < -0.4 is 9.62 Å². The lowest BCUT2D eigenvalue weighted by atomic mass is 10.4. The summed E-state index contributed by atoms with van der Waals surface area (Å²) in [5.74, 6) is 0.498. The lowest BCUT2D eigenvalue weighted by Gasteiger charge is -2.12. The van der Waals surface area contributed by atoms with Crippen molar-refractivity contribution >= 4 is 39.2 Å². The SMILES string of the molecule is CN(C)c1nccc(CNS(=O)(=O)c2cc(Cl)ccc2Cl)n1.